The Labute approximate surface area is 146 Å². The van der Waals surface area contributed by atoms with Crippen molar-refractivity contribution in [1.29, 1.82) is 0 Å². The van der Waals surface area contributed by atoms with Crippen LogP contribution in [0.15, 0.2) is 53.0 Å². The minimum atomic E-state index is -4.61. The molecule has 25 heavy (non-hydrogen) atoms. The molecule has 1 aliphatic carbocycles. The molecule has 0 radical (unpaired) electrons. The molecule has 0 saturated carbocycles. The average molecular weight is 366 g/mol. The van der Waals surface area contributed by atoms with Crippen molar-refractivity contribution in [3.63, 3.8) is 0 Å². The highest BCUT2D eigenvalue weighted by atomic mass is 35.5. The third-order valence-corrected chi connectivity index (χ3v) is 4.13. The monoisotopic (exact) mass is 365 g/mol. The first-order chi connectivity index (χ1) is 11.7. The second-order valence-electron chi connectivity index (χ2n) is 5.46. The van der Waals surface area contributed by atoms with E-state index in [0.29, 0.717) is 11.1 Å². The quantitative estimate of drug-likeness (QED) is 0.702. The standard InChI is InChI=1S/C18H11ClF3NO2/c1-9(15-16(24)11-4-2-3-5-12(11)17(15)25)23-10-6-7-14(19)13(8-10)18(20,21)22/h2-8,24H,1H3. The van der Waals surface area contributed by atoms with Crippen LogP contribution in [-0.2, 0) is 6.18 Å². The van der Waals surface area contributed by atoms with Gasteiger partial charge in [0.2, 0.25) is 0 Å². The highest BCUT2D eigenvalue weighted by Crippen LogP contribution is 2.37. The van der Waals surface area contributed by atoms with Crippen LogP contribution in [0.1, 0.15) is 28.4 Å². The van der Waals surface area contributed by atoms with E-state index < -0.39 is 22.5 Å². The molecular formula is C18H11ClF3NO2. The van der Waals surface area contributed by atoms with Gasteiger partial charge in [0.1, 0.15) is 5.76 Å². The number of carbonyl (C=O) groups excluding carboxylic acids is 1. The molecule has 128 valence electrons. The maximum absolute atomic E-state index is 12.9. The maximum Gasteiger partial charge on any atom is 0.417 e. The van der Waals surface area contributed by atoms with Crippen LogP contribution in [0.25, 0.3) is 5.76 Å². The summed E-state index contributed by atoms with van der Waals surface area (Å²) in [7, 11) is 0. The Kier molecular flexibility index (Phi) is 4.16. The molecule has 0 aliphatic heterocycles. The summed E-state index contributed by atoms with van der Waals surface area (Å²) >= 11 is 5.58. The van der Waals surface area contributed by atoms with Crippen LogP contribution in [0.3, 0.4) is 0 Å². The van der Waals surface area contributed by atoms with Gasteiger partial charge in [0.15, 0.2) is 5.78 Å². The fraction of sp³-hybridized carbons (Fsp3) is 0.111. The predicted molar refractivity (Wildman–Crippen MR) is 89.5 cm³/mol. The third-order valence-electron chi connectivity index (χ3n) is 3.80. The highest BCUT2D eigenvalue weighted by molar-refractivity contribution is 6.35. The molecule has 3 rings (SSSR count). The van der Waals surface area contributed by atoms with E-state index in [1.54, 1.807) is 24.3 Å². The molecular weight excluding hydrogens is 355 g/mol. The van der Waals surface area contributed by atoms with E-state index in [-0.39, 0.29) is 22.7 Å². The van der Waals surface area contributed by atoms with Crippen LogP contribution in [0.4, 0.5) is 18.9 Å². The summed E-state index contributed by atoms with van der Waals surface area (Å²) in [5.74, 6) is -0.647. The average Bonchev–Trinajstić information content (AvgIpc) is 2.80. The van der Waals surface area contributed by atoms with Crippen molar-refractivity contribution >= 4 is 34.5 Å². The number of ketones is 1. The molecule has 2 aromatic rings. The number of allylic oxidation sites excluding steroid dienone is 1. The van der Waals surface area contributed by atoms with Crippen molar-refractivity contribution in [2.45, 2.75) is 13.1 Å². The zero-order valence-electron chi connectivity index (χ0n) is 12.9. The molecule has 0 atom stereocenters. The normalized spacial score (nSPS) is 14.9. The van der Waals surface area contributed by atoms with Crippen LogP contribution in [0.2, 0.25) is 5.02 Å². The van der Waals surface area contributed by atoms with Gasteiger partial charge in [-0.2, -0.15) is 13.2 Å². The largest absolute Gasteiger partial charge is 0.506 e. The van der Waals surface area contributed by atoms with Gasteiger partial charge < -0.3 is 5.11 Å². The van der Waals surface area contributed by atoms with Crippen LogP contribution in [0.5, 0.6) is 0 Å². The molecule has 1 N–H and O–H groups in total. The number of carbonyl (C=O) groups is 1. The smallest absolute Gasteiger partial charge is 0.417 e. The number of nitrogens with zero attached hydrogens (tertiary/aromatic N) is 1. The van der Waals surface area contributed by atoms with Gasteiger partial charge in [0.25, 0.3) is 0 Å². The van der Waals surface area contributed by atoms with Gasteiger partial charge >= 0.3 is 6.18 Å². The number of alkyl halides is 3. The van der Waals surface area contributed by atoms with E-state index in [2.05, 4.69) is 4.99 Å². The van der Waals surface area contributed by atoms with Gasteiger partial charge in [-0.3, -0.25) is 9.79 Å². The van der Waals surface area contributed by atoms with Crippen LogP contribution in [0, 0.1) is 0 Å². The van der Waals surface area contributed by atoms with Crippen molar-refractivity contribution in [3.05, 3.63) is 69.8 Å². The summed E-state index contributed by atoms with van der Waals surface area (Å²) < 4.78 is 38.8. The second-order valence-corrected chi connectivity index (χ2v) is 5.86. The number of benzene rings is 2. The number of fused-ring (bicyclic) bond motifs is 1. The number of halogens is 4. The molecule has 0 unspecified atom stereocenters. The molecule has 2 aromatic carbocycles. The molecule has 0 bridgehead atoms. The topological polar surface area (TPSA) is 49.7 Å². The Balaban J connectivity index is 2.04. The van der Waals surface area contributed by atoms with E-state index in [0.717, 1.165) is 12.1 Å². The van der Waals surface area contributed by atoms with E-state index in [9.17, 15) is 23.1 Å². The summed E-state index contributed by atoms with van der Waals surface area (Å²) in [4.78, 5) is 16.5. The van der Waals surface area contributed by atoms with Gasteiger partial charge in [0.05, 0.1) is 27.6 Å². The zero-order valence-corrected chi connectivity index (χ0v) is 13.6. The molecule has 7 heteroatoms. The number of aliphatic imine (C=N–C) groups is 1. The number of hydrogen-bond acceptors (Lipinski definition) is 3. The molecule has 0 spiro atoms. The van der Waals surface area contributed by atoms with Crippen molar-refractivity contribution in [2.24, 2.45) is 4.99 Å². The molecule has 0 saturated heterocycles. The van der Waals surface area contributed by atoms with Crippen molar-refractivity contribution in [3.8, 4) is 0 Å². The second kappa shape index (κ2) is 6.04. The molecule has 0 heterocycles. The molecule has 1 aliphatic rings. The highest BCUT2D eigenvalue weighted by Gasteiger charge is 2.34. The lowest BCUT2D eigenvalue weighted by Gasteiger charge is -2.10. The van der Waals surface area contributed by atoms with E-state index in [4.69, 9.17) is 11.6 Å². The van der Waals surface area contributed by atoms with E-state index in [1.807, 2.05) is 0 Å². The number of hydrogen-bond donors (Lipinski definition) is 1. The van der Waals surface area contributed by atoms with Gasteiger partial charge in [-0.25, -0.2) is 0 Å². The Morgan fingerprint density at radius 1 is 1.12 bits per heavy atom. The fourth-order valence-electron chi connectivity index (χ4n) is 2.65. The van der Waals surface area contributed by atoms with Gasteiger partial charge in [-0.15, -0.1) is 0 Å². The van der Waals surface area contributed by atoms with Crippen LogP contribution >= 0.6 is 11.6 Å². The van der Waals surface area contributed by atoms with Crippen LogP contribution in [-0.4, -0.2) is 16.6 Å². The Morgan fingerprint density at radius 3 is 2.36 bits per heavy atom. The third kappa shape index (κ3) is 3.05. The Morgan fingerprint density at radius 2 is 1.76 bits per heavy atom. The number of rotatable bonds is 2. The summed E-state index contributed by atoms with van der Waals surface area (Å²) in [6.45, 7) is 1.46. The lowest BCUT2D eigenvalue weighted by Crippen LogP contribution is -2.08. The SMILES string of the molecule is CC(=Nc1ccc(Cl)c(C(F)(F)F)c1)C1=C(O)c2ccccc2C1=O. The summed E-state index contributed by atoms with van der Waals surface area (Å²) in [6.07, 6.45) is -4.61. The molecule has 3 nitrogen and oxygen atoms in total. The maximum atomic E-state index is 12.9. The Hall–Kier alpha value is -2.60. The lowest BCUT2D eigenvalue weighted by atomic mass is 10.1. The fourth-order valence-corrected chi connectivity index (χ4v) is 2.87. The van der Waals surface area contributed by atoms with Gasteiger partial charge in [-0.1, -0.05) is 35.9 Å². The minimum Gasteiger partial charge on any atom is -0.506 e. The number of Topliss-reactive ketones (excluding diaryl/α,β-unsaturated/α-hetero) is 1. The van der Waals surface area contributed by atoms with Crippen molar-refractivity contribution < 1.29 is 23.1 Å². The molecule has 0 aromatic heterocycles. The summed E-state index contributed by atoms with van der Waals surface area (Å²) in [5.41, 5.74) is -0.222. The lowest BCUT2D eigenvalue weighted by molar-refractivity contribution is -0.137. The molecule has 0 fully saturated rings. The van der Waals surface area contributed by atoms with Crippen LogP contribution < -0.4 is 0 Å². The Bertz CT molecular complexity index is 946. The zero-order chi connectivity index (χ0) is 18.4. The first kappa shape index (κ1) is 17.2. The summed E-state index contributed by atoms with van der Waals surface area (Å²) in [6, 6.07) is 9.70. The number of aliphatic hydroxyl groups is 1. The number of aliphatic hydroxyl groups excluding tert-OH is 1. The van der Waals surface area contributed by atoms with Crippen molar-refractivity contribution in [2.75, 3.05) is 0 Å². The van der Waals surface area contributed by atoms with E-state index in [1.165, 1.54) is 13.0 Å². The van der Waals surface area contributed by atoms with Gasteiger partial charge in [0, 0.05) is 11.1 Å². The van der Waals surface area contributed by atoms with Gasteiger partial charge in [-0.05, 0) is 25.1 Å². The molecule has 0 amide bonds. The van der Waals surface area contributed by atoms with E-state index >= 15 is 0 Å². The first-order valence-electron chi connectivity index (χ1n) is 7.20. The summed E-state index contributed by atoms with van der Waals surface area (Å²) in [5, 5.41) is 9.83. The minimum absolute atomic E-state index is 0.0155. The van der Waals surface area contributed by atoms with Crippen molar-refractivity contribution in [1.82, 2.24) is 0 Å². The predicted octanol–water partition coefficient (Wildman–Crippen LogP) is 5.62. The first-order valence-corrected chi connectivity index (χ1v) is 7.57.